The third-order valence-corrected chi connectivity index (χ3v) is 10.1. The Balaban J connectivity index is 1.02. The number of rotatable bonds is 5. The number of benzene rings is 9. The third-order valence-electron chi connectivity index (χ3n) is 10.1. The van der Waals surface area contributed by atoms with E-state index in [1.165, 1.54) is 54.6 Å². The lowest BCUT2D eigenvalue weighted by molar-refractivity contribution is 0.669. The SMILES string of the molecule is c1ccc(N(c2ccc(-c3ccc(-c4ccc5oc6ccccc6c5c4)cc3)cc2)c2ccc3c4ccccc4c4ccccc4c3c2)cc1. The summed E-state index contributed by atoms with van der Waals surface area (Å²) in [5.41, 5.74) is 9.94. The summed E-state index contributed by atoms with van der Waals surface area (Å²) in [6.45, 7) is 0. The van der Waals surface area contributed by atoms with E-state index in [4.69, 9.17) is 4.42 Å². The van der Waals surface area contributed by atoms with Crippen LogP contribution in [0.4, 0.5) is 17.1 Å². The molecule has 0 unspecified atom stereocenters. The van der Waals surface area contributed by atoms with E-state index in [1.54, 1.807) is 0 Å². The normalized spacial score (nSPS) is 11.6. The number of para-hydroxylation sites is 2. The molecule has 0 saturated carbocycles. The molecule has 10 aromatic rings. The van der Waals surface area contributed by atoms with E-state index in [1.807, 2.05) is 12.1 Å². The lowest BCUT2D eigenvalue weighted by Crippen LogP contribution is -2.09. The zero-order valence-corrected chi connectivity index (χ0v) is 27.3. The van der Waals surface area contributed by atoms with Gasteiger partial charge in [-0.05, 0) is 109 Å². The molecule has 0 aliphatic carbocycles. The van der Waals surface area contributed by atoms with E-state index in [0.29, 0.717) is 0 Å². The zero-order valence-electron chi connectivity index (χ0n) is 27.3. The molecule has 2 nitrogen and oxygen atoms in total. The van der Waals surface area contributed by atoms with Crippen LogP contribution in [0.1, 0.15) is 0 Å². The van der Waals surface area contributed by atoms with Crippen LogP contribution in [-0.4, -0.2) is 0 Å². The molecule has 0 saturated heterocycles. The second kappa shape index (κ2) is 11.5. The average Bonchev–Trinajstić information content (AvgIpc) is 3.57. The minimum atomic E-state index is 0.918. The molecular weight excluding hydrogens is 607 g/mol. The highest BCUT2D eigenvalue weighted by Crippen LogP contribution is 2.41. The first-order valence-corrected chi connectivity index (χ1v) is 17.1. The maximum Gasteiger partial charge on any atom is 0.135 e. The molecule has 9 aromatic carbocycles. The predicted molar refractivity (Wildman–Crippen MR) is 212 cm³/mol. The van der Waals surface area contributed by atoms with Crippen LogP contribution < -0.4 is 4.90 Å². The topological polar surface area (TPSA) is 16.4 Å². The van der Waals surface area contributed by atoms with Gasteiger partial charge in [0.1, 0.15) is 11.2 Å². The summed E-state index contributed by atoms with van der Waals surface area (Å²) in [4.78, 5) is 2.35. The molecule has 10 rings (SSSR count). The molecule has 0 amide bonds. The Morgan fingerprint density at radius 2 is 0.700 bits per heavy atom. The first-order chi connectivity index (χ1) is 24.8. The van der Waals surface area contributed by atoms with Gasteiger partial charge in [0.2, 0.25) is 0 Å². The molecule has 50 heavy (non-hydrogen) atoms. The molecule has 234 valence electrons. The van der Waals surface area contributed by atoms with Gasteiger partial charge in [0, 0.05) is 27.8 Å². The van der Waals surface area contributed by atoms with Crippen molar-refractivity contribution in [2.24, 2.45) is 0 Å². The summed E-state index contributed by atoms with van der Waals surface area (Å²) < 4.78 is 6.05. The Morgan fingerprint density at radius 1 is 0.260 bits per heavy atom. The van der Waals surface area contributed by atoms with Crippen LogP contribution in [0.5, 0.6) is 0 Å². The fourth-order valence-electron chi connectivity index (χ4n) is 7.62. The lowest BCUT2D eigenvalue weighted by atomic mass is 9.94. The van der Waals surface area contributed by atoms with E-state index in [0.717, 1.165) is 39.0 Å². The zero-order chi connectivity index (χ0) is 33.0. The van der Waals surface area contributed by atoms with Gasteiger partial charge in [-0.15, -0.1) is 0 Å². The Kier molecular flexibility index (Phi) is 6.53. The van der Waals surface area contributed by atoms with Gasteiger partial charge in [0.25, 0.3) is 0 Å². The highest BCUT2D eigenvalue weighted by Gasteiger charge is 2.16. The molecule has 2 heteroatoms. The minimum absolute atomic E-state index is 0.918. The largest absolute Gasteiger partial charge is 0.456 e. The van der Waals surface area contributed by atoms with Crippen molar-refractivity contribution >= 4 is 71.3 Å². The maximum atomic E-state index is 6.05. The van der Waals surface area contributed by atoms with Crippen molar-refractivity contribution in [3.05, 3.63) is 188 Å². The van der Waals surface area contributed by atoms with Crippen LogP contribution in [0.2, 0.25) is 0 Å². The van der Waals surface area contributed by atoms with E-state index in [9.17, 15) is 0 Å². The molecule has 0 bridgehead atoms. The van der Waals surface area contributed by atoms with Gasteiger partial charge in [-0.25, -0.2) is 0 Å². The van der Waals surface area contributed by atoms with Gasteiger partial charge in [-0.2, -0.15) is 0 Å². The summed E-state index contributed by atoms with van der Waals surface area (Å²) in [7, 11) is 0. The Labute approximate surface area is 290 Å². The number of hydrogen-bond acceptors (Lipinski definition) is 2. The molecule has 0 N–H and O–H groups in total. The van der Waals surface area contributed by atoms with Gasteiger partial charge in [0.05, 0.1) is 0 Å². The van der Waals surface area contributed by atoms with Gasteiger partial charge in [-0.3, -0.25) is 0 Å². The highest BCUT2D eigenvalue weighted by atomic mass is 16.3. The van der Waals surface area contributed by atoms with Crippen LogP contribution in [0, 0.1) is 0 Å². The number of nitrogens with zero attached hydrogens (tertiary/aromatic N) is 1. The first-order valence-electron chi connectivity index (χ1n) is 17.1. The quantitative estimate of drug-likeness (QED) is 0.175. The van der Waals surface area contributed by atoms with Crippen molar-refractivity contribution in [3.8, 4) is 22.3 Å². The van der Waals surface area contributed by atoms with Crippen LogP contribution in [0.25, 0.3) is 76.5 Å². The molecule has 0 aliphatic heterocycles. The monoisotopic (exact) mass is 637 g/mol. The molecule has 0 spiro atoms. The van der Waals surface area contributed by atoms with E-state index < -0.39 is 0 Å². The third kappa shape index (κ3) is 4.65. The number of furan rings is 1. The van der Waals surface area contributed by atoms with E-state index in [-0.39, 0.29) is 0 Å². The fourth-order valence-corrected chi connectivity index (χ4v) is 7.62. The Morgan fingerprint density at radius 3 is 1.36 bits per heavy atom. The minimum Gasteiger partial charge on any atom is -0.456 e. The maximum absolute atomic E-state index is 6.05. The number of anilines is 3. The van der Waals surface area contributed by atoms with Crippen LogP contribution in [0.3, 0.4) is 0 Å². The molecular formula is C48H31NO. The summed E-state index contributed by atoms with van der Waals surface area (Å²) >= 11 is 0. The molecule has 0 fully saturated rings. The highest BCUT2D eigenvalue weighted by molar-refractivity contribution is 6.25. The number of hydrogen-bond donors (Lipinski definition) is 0. The van der Waals surface area contributed by atoms with E-state index in [2.05, 4.69) is 181 Å². The summed E-state index contributed by atoms with van der Waals surface area (Å²) in [5.74, 6) is 0. The fraction of sp³-hybridized carbons (Fsp3) is 0. The van der Waals surface area contributed by atoms with Crippen LogP contribution in [0.15, 0.2) is 192 Å². The Hall–Kier alpha value is -6.64. The molecule has 0 aliphatic rings. The van der Waals surface area contributed by atoms with Crippen molar-refractivity contribution in [2.75, 3.05) is 4.90 Å². The first kappa shape index (κ1) is 28.4. The molecule has 1 heterocycles. The van der Waals surface area contributed by atoms with Gasteiger partial charge in [0.15, 0.2) is 0 Å². The van der Waals surface area contributed by atoms with Crippen LogP contribution >= 0.6 is 0 Å². The van der Waals surface area contributed by atoms with Crippen LogP contribution in [-0.2, 0) is 0 Å². The molecule has 0 atom stereocenters. The molecule has 1 aromatic heterocycles. The van der Waals surface area contributed by atoms with Gasteiger partial charge in [-0.1, -0.05) is 133 Å². The van der Waals surface area contributed by atoms with Gasteiger partial charge < -0.3 is 9.32 Å². The van der Waals surface area contributed by atoms with Gasteiger partial charge >= 0.3 is 0 Å². The van der Waals surface area contributed by atoms with E-state index >= 15 is 0 Å². The van der Waals surface area contributed by atoms with Crippen molar-refractivity contribution in [3.63, 3.8) is 0 Å². The second-order valence-corrected chi connectivity index (χ2v) is 12.9. The standard InChI is InChI=1S/C48H31NO/c1-2-10-36(11-3-1)49(38-27-28-43-41-14-5-4-12-39(41)40-13-6-7-15-42(40)45(43)31-38)37-25-22-33(23-26-37)32-18-20-34(21-19-32)35-24-29-48-46(30-35)44-16-8-9-17-47(44)50-48/h1-31H. The van der Waals surface area contributed by atoms with Crippen molar-refractivity contribution in [1.82, 2.24) is 0 Å². The molecule has 0 radical (unpaired) electrons. The Bertz CT molecular complexity index is 2810. The average molecular weight is 638 g/mol. The second-order valence-electron chi connectivity index (χ2n) is 12.9. The summed E-state index contributed by atoms with van der Waals surface area (Å²) in [6.07, 6.45) is 0. The summed E-state index contributed by atoms with van der Waals surface area (Å²) in [6, 6.07) is 67.5. The predicted octanol–water partition coefficient (Wildman–Crippen LogP) is 13.8. The number of fused-ring (bicyclic) bond motifs is 9. The smallest absolute Gasteiger partial charge is 0.135 e. The lowest BCUT2D eigenvalue weighted by Gasteiger charge is -2.26. The van der Waals surface area contributed by atoms with Crippen molar-refractivity contribution in [1.29, 1.82) is 0 Å². The van der Waals surface area contributed by atoms with Crippen molar-refractivity contribution < 1.29 is 4.42 Å². The van der Waals surface area contributed by atoms with Crippen molar-refractivity contribution in [2.45, 2.75) is 0 Å². The summed E-state index contributed by atoms with van der Waals surface area (Å²) in [5, 5.41) is 9.95.